The molecule has 5 nitrogen and oxygen atoms in total. The van der Waals surface area contributed by atoms with Crippen LogP contribution in [-0.4, -0.2) is 47.2 Å². The van der Waals surface area contributed by atoms with Crippen molar-refractivity contribution in [2.75, 3.05) is 25.5 Å². The van der Waals surface area contributed by atoms with Crippen molar-refractivity contribution in [2.45, 2.75) is 38.3 Å². The summed E-state index contributed by atoms with van der Waals surface area (Å²) in [7, 11) is 1.64. The molecule has 1 aromatic heterocycles. The Balaban J connectivity index is 1.74. The highest BCUT2D eigenvalue weighted by Crippen LogP contribution is 2.29. The lowest BCUT2D eigenvalue weighted by Gasteiger charge is -2.21. The van der Waals surface area contributed by atoms with Gasteiger partial charge in [-0.15, -0.1) is 0 Å². The smallest absolute Gasteiger partial charge is 0.226 e. The Morgan fingerprint density at radius 1 is 1.33 bits per heavy atom. The molecule has 3 heterocycles. The monoisotopic (exact) mass is 248 g/mol. The highest BCUT2D eigenvalue weighted by atomic mass is 16.5. The van der Waals surface area contributed by atoms with E-state index < -0.39 is 0 Å². The van der Waals surface area contributed by atoms with Crippen LogP contribution < -0.4 is 10.1 Å². The number of rotatable bonds is 3. The van der Waals surface area contributed by atoms with Crippen molar-refractivity contribution >= 4 is 5.95 Å². The molecule has 3 rings (SSSR count). The van der Waals surface area contributed by atoms with Crippen LogP contribution in [0.2, 0.25) is 0 Å². The number of hydrogen-bond donors (Lipinski definition) is 1. The Bertz CT molecular complexity index is 437. The molecule has 2 aliphatic heterocycles. The van der Waals surface area contributed by atoms with E-state index in [2.05, 4.69) is 20.2 Å². The van der Waals surface area contributed by atoms with Gasteiger partial charge in [0.25, 0.3) is 0 Å². The van der Waals surface area contributed by atoms with E-state index in [-0.39, 0.29) is 0 Å². The lowest BCUT2D eigenvalue weighted by atomic mass is 10.1. The highest BCUT2D eigenvalue weighted by molar-refractivity contribution is 5.33. The predicted octanol–water partition coefficient (Wildman–Crippen LogP) is 1.44. The Hall–Kier alpha value is -1.36. The van der Waals surface area contributed by atoms with Gasteiger partial charge in [0.05, 0.1) is 7.11 Å². The molecular weight excluding hydrogens is 228 g/mol. The summed E-state index contributed by atoms with van der Waals surface area (Å²) in [6.45, 7) is 4.41. The van der Waals surface area contributed by atoms with E-state index in [9.17, 15) is 0 Å². The molecule has 0 aliphatic carbocycles. The van der Waals surface area contributed by atoms with Gasteiger partial charge in [-0.05, 0) is 32.7 Å². The van der Waals surface area contributed by atoms with Crippen LogP contribution in [0.15, 0.2) is 6.07 Å². The van der Waals surface area contributed by atoms with Gasteiger partial charge in [-0.1, -0.05) is 0 Å². The first-order valence-electron chi connectivity index (χ1n) is 6.66. The Morgan fingerprint density at radius 2 is 2.22 bits per heavy atom. The van der Waals surface area contributed by atoms with Gasteiger partial charge in [0.15, 0.2) is 0 Å². The first kappa shape index (κ1) is 11.7. The molecule has 1 aromatic rings. The summed E-state index contributed by atoms with van der Waals surface area (Å²) < 4.78 is 5.19. The maximum absolute atomic E-state index is 5.19. The SMILES string of the molecule is COc1cc(C)nc(NC2CCN3CCCC23)n1. The van der Waals surface area contributed by atoms with E-state index in [1.807, 2.05) is 13.0 Å². The third kappa shape index (κ3) is 2.14. The normalized spacial score (nSPS) is 27.2. The molecule has 2 unspecified atom stereocenters. The molecule has 18 heavy (non-hydrogen) atoms. The fourth-order valence-electron chi connectivity index (χ4n) is 3.13. The minimum absolute atomic E-state index is 0.485. The van der Waals surface area contributed by atoms with Crippen LogP contribution in [0.5, 0.6) is 5.88 Å². The topological polar surface area (TPSA) is 50.3 Å². The second-order valence-corrected chi connectivity index (χ2v) is 5.16. The van der Waals surface area contributed by atoms with Crippen LogP contribution in [0.25, 0.3) is 0 Å². The van der Waals surface area contributed by atoms with E-state index >= 15 is 0 Å². The van der Waals surface area contributed by atoms with Crippen molar-refractivity contribution < 1.29 is 4.74 Å². The van der Waals surface area contributed by atoms with Gasteiger partial charge in [0.1, 0.15) is 0 Å². The number of nitrogens with zero attached hydrogens (tertiary/aromatic N) is 3. The number of aromatic nitrogens is 2. The van der Waals surface area contributed by atoms with Crippen molar-refractivity contribution in [3.8, 4) is 5.88 Å². The average Bonchev–Trinajstić information content (AvgIpc) is 2.93. The molecule has 2 fully saturated rings. The maximum Gasteiger partial charge on any atom is 0.226 e. The zero-order chi connectivity index (χ0) is 12.5. The molecule has 0 saturated carbocycles. The number of methoxy groups -OCH3 is 1. The second kappa shape index (κ2) is 4.72. The molecule has 0 bridgehead atoms. The van der Waals surface area contributed by atoms with E-state index in [4.69, 9.17) is 4.74 Å². The van der Waals surface area contributed by atoms with E-state index in [0.717, 1.165) is 5.69 Å². The van der Waals surface area contributed by atoms with Crippen LogP contribution in [0.4, 0.5) is 5.95 Å². The van der Waals surface area contributed by atoms with Gasteiger partial charge < -0.3 is 10.1 Å². The standard InChI is InChI=1S/C13H20N4O/c1-9-8-12(18-2)16-13(14-9)15-10-5-7-17-6-3-4-11(10)17/h8,10-11H,3-7H2,1-2H3,(H,14,15,16). The molecule has 1 N–H and O–H groups in total. The summed E-state index contributed by atoms with van der Waals surface area (Å²) in [4.78, 5) is 11.4. The summed E-state index contributed by atoms with van der Waals surface area (Å²) >= 11 is 0. The third-order valence-electron chi connectivity index (χ3n) is 3.96. The molecule has 0 spiro atoms. The molecule has 2 atom stereocenters. The quantitative estimate of drug-likeness (QED) is 0.877. The van der Waals surface area contributed by atoms with Gasteiger partial charge in [-0.3, -0.25) is 4.90 Å². The molecule has 2 saturated heterocycles. The van der Waals surface area contributed by atoms with E-state index in [1.165, 1.54) is 32.4 Å². The first-order chi connectivity index (χ1) is 8.76. The molecule has 0 radical (unpaired) electrons. The van der Waals surface area contributed by atoms with E-state index in [0.29, 0.717) is 23.9 Å². The summed E-state index contributed by atoms with van der Waals surface area (Å²) in [5.74, 6) is 1.33. The summed E-state index contributed by atoms with van der Waals surface area (Å²) in [6, 6.07) is 3.00. The summed E-state index contributed by atoms with van der Waals surface area (Å²) in [5, 5.41) is 3.48. The predicted molar refractivity (Wildman–Crippen MR) is 69.9 cm³/mol. The summed E-state index contributed by atoms with van der Waals surface area (Å²) in [5.41, 5.74) is 0.936. The number of nitrogens with one attached hydrogen (secondary N) is 1. The fraction of sp³-hybridized carbons (Fsp3) is 0.692. The largest absolute Gasteiger partial charge is 0.481 e. The zero-order valence-electron chi connectivity index (χ0n) is 11.0. The molecule has 0 aromatic carbocycles. The van der Waals surface area contributed by atoms with Gasteiger partial charge in [0, 0.05) is 30.4 Å². The van der Waals surface area contributed by atoms with Crippen molar-refractivity contribution in [1.82, 2.24) is 14.9 Å². The van der Waals surface area contributed by atoms with E-state index in [1.54, 1.807) is 7.11 Å². The van der Waals surface area contributed by atoms with Crippen LogP contribution in [0.1, 0.15) is 25.0 Å². The Morgan fingerprint density at radius 3 is 3.06 bits per heavy atom. The molecular formula is C13H20N4O. The second-order valence-electron chi connectivity index (χ2n) is 5.16. The van der Waals surface area contributed by atoms with Crippen molar-refractivity contribution in [1.29, 1.82) is 0 Å². The molecule has 5 heteroatoms. The lowest BCUT2D eigenvalue weighted by molar-refractivity contribution is 0.318. The molecule has 98 valence electrons. The lowest BCUT2D eigenvalue weighted by Crippen LogP contribution is -2.34. The van der Waals surface area contributed by atoms with Crippen molar-refractivity contribution in [3.05, 3.63) is 11.8 Å². The van der Waals surface area contributed by atoms with Crippen LogP contribution in [-0.2, 0) is 0 Å². The third-order valence-corrected chi connectivity index (χ3v) is 3.96. The van der Waals surface area contributed by atoms with Crippen LogP contribution in [0.3, 0.4) is 0 Å². The van der Waals surface area contributed by atoms with Crippen molar-refractivity contribution in [2.24, 2.45) is 0 Å². The molecule has 2 aliphatic rings. The minimum Gasteiger partial charge on any atom is -0.481 e. The van der Waals surface area contributed by atoms with Crippen LogP contribution >= 0.6 is 0 Å². The van der Waals surface area contributed by atoms with Crippen molar-refractivity contribution in [3.63, 3.8) is 0 Å². The zero-order valence-corrected chi connectivity index (χ0v) is 11.0. The maximum atomic E-state index is 5.19. The number of ether oxygens (including phenoxy) is 1. The number of hydrogen-bond acceptors (Lipinski definition) is 5. The van der Waals surface area contributed by atoms with Crippen LogP contribution in [0, 0.1) is 6.92 Å². The highest BCUT2D eigenvalue weighted by Gasteiger charge is 2.37. The minimum atomic E-state index is 0.485. The van der Waals surface area contributed by atoms with Gasteiger partial charge in [-0.25, -0.2) is 4.98 Å². The Labute approximate surface area is 108 Å². The number of anilines is 1. The Kier molecular flexibility index (Phi) is 3.07. The van der Waals surface area contributed by atoms with Gasteiger partial charge >= 0.3 is 0 Å². The van der Waals surface area contributed by atoms with Gasteiger partial charge in [0.2, 0.25) is 11.8 Å². The molecule has 0 amide bonds. The number of aryl methyl sites for hydroxylation is 1. The first-order valence-corrected chi connectivity index (χ1v) is 6.66. The fourth-order valence-corrected chi connectivity index (χ4v) is 3.13. The number of fused-ring (bicyclic) bond motifs is 1. The average molecular weight is 248 g/mol. The summed E-state index contributed by atoms with van der Waals surface area (Å²) in [6.07, 6.45) is 3.80. The van der Waals surface area contributed by atoms with Gasteiger partial charge in [-0.2, -0.15) is 4.98 Å².